The first-order valence-corrected chi connectivity index (χ1v) is 12.0. The number of amides is 2. The van der Waals surface area contributed by atoms with Gasteiger partial charge in [0.15, 0.2) is 0 Å². The van der Waals surface area contributed by atoms with E-state index in [0.29, 0.717) is 49.3 Å². The summed E-state index contributed by atoms with van der Waals surface area (Å²) in [5.41, 5.74) is 2.39. The van der Waals surface area contributed by atoms with Gasteiger partial charge in [0.2, 0.25) is 5.91 Å². The van der Waals surface area contributed by atoms with Crippen molar-refractivity contribution in [3.63, 3.8) is 0 Å². The van der Waals surface area contributed by atoms with Crippen LogP contribution >= 0.6 is 22.7 Å². The summed E-state index contributed by atoms with van der Waals surface area (Å²) in [6.45, 7) is 0.907. The molecule has 0 radical (unpaired) electrons. The third-order valence-corrected chi connectivity index (χ3v) is 7.33. The van der Waals surface area contributed by atoms with E-state index in [2.05, 4.69) is 11.4 Å². The molecule has 1 aliphatic carbocycles. The first-order chi connectivity index (χ1) is 15.0. The van der Waals surface area contributed by atoms with Crippen LogP contribution < -0.4 is 5.32 Å². The lowest BCUT2D eigenvalue weighted by molar-refractivity contribution is -0.111. The average Bonchev–Trinajstić information content (AvgIpc) is 3.39. The SMILES string of the molecule is N#Cc1c(NC(=O)/C=C/c2ccsc2)sc2c1CCC(OC(=O)N1CCCC(O)C1)C2. The maximum absolute atomic E-state index is 12.4. The second-order valence-electron chi connectivity index (χ2n) is 7.69. The zero-order valence-electron chi connectivity index (χ0n) is 16.9. The molecule has 0 bridgehead atoms. The molecule has 0 saturated carbocycles. The van der Waals surface area contributed by atoms with E-state index < -0.39 is 12.2 Å². The van der Waals surface area contributed by atoms with Crippen molar-refractivity contribution < 1.29 is 19.4 Å². The van der Waals surface area contributed by atoms with Gasteiger partial charge >= 0.3 is 6.09 Å². The minimum Gasteiger partial charge on any atom is -0.446 e. The zero-order chi connectivity index (χ0) is 21.8. The molecule has 2 aliphatic rings. The smallest absolute Gasteiger partial charge is 0.410 e. The fraction of sp³-hybridized carbons (Fsp3) is 0.409. The summed E-state index contributed by atoms with van der Waals surface area (Å²) in [4.78, 5) is 27.3. The van der Waals surface area contributed by atoms with Gasteiger partial charge in [0.05, 0.1) is 11.7 Å². The van der Waals surface area contributed by atoms with E-state index in [9.17, 15) is 20.0 Å². The topological polar surface area (TPSA) is 103 Å². The Labute approximate surface area is 188 Å². The predicted octanol–water partition coefficient (Wildman–Crippen LogP) is 3.78. The number of piperidine rings is 1. The first kappa shape index (κ1) is 21.6. The molecule has 162 valence electrons. The number of β-amino-alcohol motifs (C(OH)–C–C–N with tert-alkyl or cyclic N) is 1. The molecule has 4 rings (SSSR count). The highest BCUT2D eigenvalue weighted by Gasteiger charge is 2.30. The number of carbonyl (C=O) groups is 2. The molecule has 2 aromatic heterocycles. The van der Waals surface area contributed by atoms with Crippen molar-refractivity contribution in [2.24, 2.45) is 0 Å². The summed E-state index contributed by atoms with van der Waals surface area (Å²) < 4.78 is 5.68. The number of hydrogen-bond acceptors (Lipinski definition) is 7. The number of carbonyl (C=O) groups excluding carboxylic acids is 2. The number of aliphatic hydroxyl groups is 1. The molecule has 0 aromatic carbocycles. The van der Waals surface area contributed by atoms with E-state index in [4.69, 9.17) is 4.74 Å². The molecule has 3 heterocycles. The van der Waals surface area contributed by atoms with Crippen LogP contribution in [0.4, 0.5) is 9.80 Å². The van der Waals surface area contributed by atoms with E-state index in [0.717, 1.165) is 22.4 Å². The standard InChI is InChI=1S/C22H23N3O4S2/c23-11-18-17-5-4-16(29-22(28)25-8-1-2-15(26)12-25)10-19(17)31-21(18)24-20(27)6-3-14-7-9-30-13-14/h3,6-7,9,13,15-16,26H,1-2,4-5,8,10,12H2,(H,24,27)/b6-3+. The molecule has 2 amide bonds. The Bertz CT molecular complexity index is 1020. The van der Waals surface area contributed by atoms with Gasteiger partial charge in [0.1, 0.15) is 17.2 Å². The van der Waals surface area contributed by atoms with Gasteiger partial charge in [0.25, 0.3) is 0 Å². The Kier molecular flexibility index (Phi) is 6.70. The van der Waals surface area contributed by atoms with Crippen molar-refractivity contribution in [2.75, 3.05) is 18.4 Å². The Morgan fingerprint density at radius 3 is 3.00 bits per heavy atom. The third kappa shape index (κ3) is 5.15. The summed E-state index contributed by atoms with van der Waals surface area (Å²) in [5, 5.41) is 26.7. The fourth-order valence-electron chi connectivity index (χ4n) is 3.90. The molecule has 2 N–H and O–H groups in total. The van der Waals surface area contributed by atoms with Crippen LogP contribution in [0.5, 0.6) is 0 Å². The van der Waals surface area contributed by atoms with Crippen LogP contribution in [0.15, 0.2) is 22.9 Å². The molecule has 2 atom stereocenters. The van der Waals surface area contributed by atoms with E-state index in [1.165, 1.54) is 17.4 Å². The van der Waals surface area contributed by atoms with E-state index in [-0.39, 0.29) is 12.0 Å². The molecule has 1 fully saturated rings. The maximum Gasteiger partial charge on any atom is 0.410 e. The molecule has 7 nitrogen and oxygen atoms in total. The summed E-state index contributed by atoms with van der Waals surface area (Å²) in [6, 6.07) is 4.14. The van der Waals surface area contributed by atoms with Crippen LogP contribution in [0.3, 0.4) is 0 Å². The van der Waals surface area contributed by atoms with E-state index in [1.54, 1.807) is 22.3 Å². The number of ether oxygens (including phenoxy) is 1. The molecule has 1 saturated heterocycles. The number of aliphatic hydroxyl groups excluding tert-OH is 1. The normalized spacial score (nSPS) is 20.8. The van der Waals surface area contributed by atoms with Crippen molar-refractivity contribution in [3.8, 4) is 6.07 Å². The van der Waals surface area contributed by atoms with E-state index >= 15 is 0 Å². The molecule has 9 heteroatoms. The largest absolute Gasteiger partial charge is 0.446 e. The average molecular weight is 458 g/mol. The lowest BCUT2D eigenvalue weighted by atomic mass is 9.94. The highest BCUT2D eigenvalue weighted by Crippen LogP contribution is 2.38. The fourth-order valence-corrected chi connectivity index (χ4v) is 5.79. The number of thiophene rings is 2. The second-order valence-corrected chi connectivity index (χ2v) is 9.57. The number of nitrogens with zero attached hydrogens (tertiary/aromatic N) is 2. The minimum atomic E-state index is -0.491. The summed E-state index contributed by atoms with van der Waals surface area (Å²) in [5.74, 6) is -0.284. The van der Waals surface area contributed by atoms with Gasteiger partial charge in [-0.25, -0.2) is 4.79 Å². The Morgan fingerprint density at radius 1 is 1.39 bits per heavy atom. The molecule has 2 aromatic rings. The van der Waals surface area contributed by atoms with Crippen LogP contribution in [0, 0.1) is 11.3 Å². The first-order valence-electron chi connectivity index (χ1n) is 10.2. The Hall–Kier alpha value is -2.67. The molecular weight excluding hydrogens is 434 g/mol. The van der Waals surface area contributed by atoms with Gasteiger partial charge in [0, 0.05) is 30.5 Å². The summed E-state index contributed by atoms with van der Waals surface area (Å²) >= 11 is 2.93. The van der Waals surface area contributed by atoms with Crippen LogP contribution in [-0.2, 0) is 22.4 Å². The summed E-state index contributed by atoms with van der Waals surface area (Å²) in [6.07, 6.45) is 5.29. The molecule has 0 spiro atoms. The lowest BCUT2D eigenvalue weighted by Gasteiger charge is -2.31. The maximum atomic E-state index is 12.4. The van der Waals surface area contributed by atoms with Gasteiger partial charge in [-0.3, -0.25) is 4.79 Å². The minimum absolute atomic E-state index is 0.272. The van der Waals surface area contributed by atoms with Crippen LogP contribution in [-0.4, -0.2) is 47.3 Å². The quantitative estimate of drug-likeness (QED) is 0.680. The predicted molar refractivity (Wildman–Crippen MR) is 120 cm³/mol. The van der Waals surface area contributed by atoms with Crippen molar-refractivity contribution in [3.05, 3.63) is 44.5 Å². The van der Waals surface area contributed by atoms with Crippen molar-refractivity contribution >= 4 is 45.8 Å². The molecule has 31 heavy (non-hydrogen) atoms. The molecule has 2 unspecified atom stereocenters. The monoisotopic (exact) mass is 457 g/mol. The lowest BCUT2D eigenvalue weighted by Crippen LogP contribution is -2.44. The number of nitriles is 1. The molecular formula is C22H23N3O4S2. The molecule has 1 aliphatic heterocycles. The summed E-state index contributed by atoms with van der Waals surface area (Å²) in [7, 11) is 0. The third-order valence-electron chi connectivity index (χ3n) is 5.46. The van der Waals surface area contributed by atoms with Crippen LogP contribution in [0.25, 0.3) is 6.08 Å². The Balaban J connectivity index is 1.40. The van der Waals surface area contributed by atoms with Crippen LogP contribution in [0.2, 0.25) is 0 Å². The van der Waals surface area contributed by atoms with Crippen molar-refractivity contribution in [2.45, 2.75) is 44.3 Å². The number of hydrogen-bond donors (Lipinski definition) is 2. The van der Waals surface area contributed by atoms with Crippen LogP contribution in [0.1, 0.15) is 40.8 Å². The number of nitrogens with one attached hydrogen (secondary N) is 1. The Morgan fingerprint density at radius 2 is 2.26 bits per heavy atom. The van der Waals surface area contributed by atoms with Crippen molar-refractivity contribution in [1.82, 2.24) is 4.90 Å². The van der Waals surface area contributed by atoms with Gasteiger partial charge in [-0.15, -0.1) is 11.3 Å². The number of anilines is 1. The number of rotatable bonds is 4. The van der Waals surface area contributed by atoms with E-state index in [1.807, 2.05) is 16.8 Å². The van der Waals surface area contributed by atoms with Gasteiger partial charge in [-0.1, -0.05) is 0 Å². The van der Waals surface area contributed by atoms with Crippen molar-refractivity contribution in [1.29, 1.82) is 5.26 Å². The van der Waals surface area contributed by atoms with Gasteiger partial charge in [-0.2, -0.15) is 16.6 Å². The zero-order valence-corrected chi connectivity index (χ0v) is 18.5. The second kappa shape index (κ2) is 9.64. The highest BCUT2D eigenvalue weighted by atomic mass is 32.1. The highest BCUT2D eigenvalue weighted by molar-refractivity contribution is 7.16. The number of fused-ring (bicyclic) bond motifs is 1. The van der Waals surface area contributed by atoms with Gasteiger partial charge < -0.3 is 20.1 Å². The number of likely N-dealkylation sites (tertiary alicyclic amines) is 1. The van der Waals surface area contributed by atoms with Gasteiger partial charge in [-0.05, 0) is 59.7 Å².